The number of fused-ring (bicyclic) bond motifs is 2. The zero-order valence-corrected chi connectivity index (χ0v) is 17.1. The number of hydrogen-bond donors (Lipinski definition) is 0. The van der Waals surface area contributed by atoms with Crippen LogP contribution in [0.5, 0.6) is 0 Å². The second-order valence-electron chi connectivity index (χ2n) is 7.45. The lowest BCUT2D eigenvalue weighted by Crippen LogP contribution is -2.23. The lowest BCUT2D eigenvalue weighted by molar-refractivity contribution is 0.370. The summed E-state index contributed by atoms with van der Waals surface area (Å²) in [4.78, 5) is 6.97. The van der Waals surface area contributed by atoms with Crippen LogP contribution in [0.15, 0.2) is 59.9 Å². The van der Waals surface area contributed by atoms with Gasteiger partial charge in [0.15, 0.2) is 0 Å². The largest absolute Gasteiger partial charge is 0.302 e. The van der Waals surface area contributed by atoms with Gasteiger partial charge < -0.3 is 4.90 Å². The summed E-state index contributed by atoms with van der Waals surface area (Å²) >= 11 is 0. The highest BCUT2D eigenvalue weighted by atomic mass is 32.2. The Bertz CT molecular complexity index is 1380. The summed E-state index contributed by atoms with van der Waals surface area (Å²) in [7, 11) is 0.139. The molecule has 0 unspecified atom stereocenters. The third-order valence-corrected chi connectivity index (χ3v) is 7.23. The van der Waals surface area contributed by atoms with Crippen molar-refractivity contribution in [1.82, 2.24) is 23.6 Å². The number of aromatic nitrogens is 4. The summed E-state index contributed by atoms with van der Waals surface area (Å²) in [5.41, 5.74) is 4.23. The molecule has 1 aliphatic rings. The zero-order chi connectivity index (χ0) is 20.2. The summed E-state index contributed by atoms with van der Waals surface area (Å²) in [6.07, 6.45) is 8.13. The molecule has 5 rings (SSSR count). The van der Waals surface area contributed by atoms with Crippen LogP contribution in [0.1, 0.15) is 12.0 Å². The molecule has 1 aromatic carbocycles. The first-order valence-electron chi connectivity index (χ1n) is 9.46. The highest BCUT2D eigenvalue weighted by Gasteiger charge is 2.24. The summed E-state index contributed by atoms with van der Waals surface area (Å²) in [6, 6.07) is 8.68. The minimum absolute atomic E-state index is 0.239. The van der Waals surface area contributed by atoms with E-state index < -0.39 is 10.0 Å². The molecule has 1 aliphatic heterocycles. The van der Waals surface area contributed by atoms with Gasteiger partial charge in [0.05, 0.1) is 27.6 Å². The van der Waals surface area contributed by atoms with E-state index in [9.17, 15) is 8.42 Å². The smallest absolute Gasteiger partial charge is 0.268 e. The van der Waals surface area contributed by atoms with E-state index in [1.165, 1.54) is 3.97 Å². The van der Waals surface area contributed by atoms with Gasteiger partial charge in [0.2, 0.25) is 0 Å². The van der Waals surface area contributed by atoms with Crippen molar-refractivity contribution in [3.63, 3.8) is 0 Å². The number of aryl methyl sites for hydroxylation is 1. The fourth-order valence-corrected chi connectivity index (χ4v) is 5.29. The molecule has 3 aromatic heterocycles. The number of rotatable bonds is 3. The zero-order valence-electron chi connectivity index (χ0n) is 16.3. The van der Waals surface area contributed by atoms with E-state index in [2.05, 4.69) is 28.1 Å². The van der Waals surface area contributed by atoms with Gasteiger partial charge in [0.1, 0.15) is 0 Å². The van der Waals surface area contributed by atoms with Crippen molar-refractivity contribution in [2.24, 2.45) is 7.05 Å². The van der Waals surface area contributed by atoms with Gasteiger partial charge in [-0.05, 0) is 49.4 Å². The van der Waals surface area contributed by atoms with Crippen molar-refractivity contribution in [2.75, 3.05) is 20.1 Å². The highest BCUT2D eigenvalue weighted by molar-refractivity contribution is 7.90. The Hall–Kier alpha value is -2.97. The van der Waals surface area contributed by atoms with Gasteiger partial charge in [-0.3, -0.25) is 9.67 Å². The quantitative estimate of drug-likeness (QED) is 0.522. The minimum Gasteiger partial charge on any atom is -0.302 e. The number of pyridine rings is 1. The topological polar surface area (TPSA) is 73.0 Å². The van der Waals surface area contributed by atoms with Crippen molar-refractivity contribution < 1.29 is 8.42 Å². The molecule has 0 amide bonds. The Kier molecular flexibility index (Phi) is 4.07. The van der Waals surface area contributed by atoms with Crippen molar-refractivity contribution in [3.05, 3.63) is 60.6 Å². The highest BCUT2D eigenvalue weighted by Crippen LogP contribution is 2.32. The van der Waals surface area contributed by atoms with Gasteiger partial charge in [-0.25, -0.2) is 12.4 Å². The molecule has 4 heterocycles. The minimum atomic E-state index is -3.77. The number of nitrogens with zero attached hydrogens (tertiary/aromatic N) is 5. The molecule has 0 saturated carbocycles. The van der Waals surface area contributed by atoms with E-state index in [-0.39, 0.29) is 4.90 Å². The van der Waals surface area contributed by atoms with Crippen LogP contribution >= 0.6 is 0 Å². The molecule has 0 atom stereocenters. The predicted molar refractivity (Wildman–Crippen MR) is 113 cm³/mol. The molecule has 148 valence electrons. The standard InChI is InChI=1S/C21H21N5O2S/c1-24-10-7-15(8-11-24)18-14-26(20-4-3-9-22-21(18)20)29(27,28)17-5-6-19-16(12-17)13-23-25(19)2/h3-7,9,12-14H,8,10-11H2,1-2H3. The maximum Gasteiger partial charge on any atom is 0.268 e. The average Bonchev–Trinajstić information content (AvgIpc) is 3.30. The Labute approximate surface area is 168 Å². The Morgan fingerprint density at radius 1 is 1.10 bits per heavy atom. The molecule has 7 nitrogen and oxygen atoms in total. The average molecular weight is 407 g/mol. The van der Waals surface area contributed by atoms with E-state index in [0.29, 0.717) is 11.0 Å². The Morgan fingerprint density at radius 2 is 1.97 bits per heavy atom. The Morgan fingerprint density at radius 3 is 2.76 bits per heavy atom. The molecule has 0 fully saturated rings. The van der Waals surface area contributed by atoms with Crippen LogP contribution < -0.4 is 0 Å². The van der Waals surface area contributed by atoms with Crippen molar-refractivity contribution >= 4 is 37.5 Å². The van der Waals surface area contributed by atoms with Crippen LogP contribution in [-0.4, -0.2) is 52.2 Å². The summed E-state index contributed by atoms with van der Waals surface area (Å²) < 4.78 is 30.1. The van der Waals surface area contributed by atoms with Gasteiger partial charge in [-0.1, -0.05) is 6.08 Å². The van der Waals surface area contributed by atoms with Crippen LogP contribution in [-0.2, 0) is 17.1 Å². The third-order valence-electron chi connectivity index (χ3n) is 5.56. The van der Waals surface area contributed by atoms with Crippen LogP contribution in [0.25, 0.3) is 27.5 Å². The SMILES string of the molecule is CN1CC=C(c2cn(S(=O)(=O)c3ccc4c(cnn4C)c3)c3cccnc23)CC1. The maximum atomic E-state index is 13.5. The van der Waals surface area contributed by atoms with Crippen molar-refractivity contribution in [2.45, 2.75) is 11.3 Å². The number of hydrogen-bond acceptors (Lipinski definition) is 5. The van der Waals surface area contributed by atoms with Gasteiger partial charge >= 0.3 is 0 Å². The molecule has 0 aliphatic carbocycles. The van der Waals surface area contributed by atoms with Crippen LogP contribution in [0.3, 0.4) is 0 Å². The molecular formula is C21H21N5O2S. The molecule has 4 aromatic rings. The Balaban J connectivity index is 1.69. The molecule has 29 heavy (non-hydrogen) atoms. The first-order valence-corrected chi connectivity index (χ1v) is 10.9. The fourth-order valence-electron chi connectivity index (χ4n) is 3.90. The van der Waals surface area contributed by atoms with Gasteiger partial charge in [-0.15, -0.1) is 0 Å². The van der Waals surface area contributed by atoms with E-state index in [1.54, 1.807) is 47.5 Å². The summed E-state index contributed by atoms with van der Waals surface area (Å²) in [5.74, 6) is 0. The van der Waals surface area contributed by atoms with E-state index in [0.717, 1.165) is 41.5 Å². The van der Waals surface area contributed by atoms with E-state index >= 15 is 0 Å². The molecule has 0 N–H and O–H groups in total. The van der Waals surface area contributed by atoms with Crippen LogP contribution in [0.2, 0.25) is 0 Å². The molecule has 0 saturated heterocycles. The lowest BCUT2D eigenvalue weighted by atomic mass is 10.0. The monoisotopic (exact) mass is 407 g/mol. The predicted octanol–water partition coefficient (Wildman–Crippen LogP) is 2.88. The van der Waals surface area contributed by atoms with Crippen LogP contribution in [0.4, 0.5) is 0 Å². The summed E-state index contributed by atoms with van der Waals surface area (Å²) in [6.45, 7) is 1.79. The van der Waals surface area contributed by atoms with E-state index in [1.807, 2.05) is 13.1 Å². The second-order valence-corrected chi connectivity index (χ2v) is 9.26. The van der Waals surface area contributed by atoms with Gasteiger partial charge in [0, 0.05) is 43.5 Å². The molecule has 0 spiro atoms. The number of likely N-dealkylation sites (N-methyl/N-ethyl adjacent to an activating group) is 1. The maximum absolute atomic E-state index is 13.5. The fraction of sp³-hybridized carbons (Fsp3) is 0.238. The van der Waals surface area contributed by atoms with Crippen molar-refractivity contribution in [3.8, 4) is 0 Å². The molecule has 0 bridgehead atoms. The summed E-state index contributed by atoms with van der Waals surface area (Å²) in [5, 5.41) is 5.00. The van der Waals surface area contributed by atoms with Gasteiger partial charge in [-0.2, -0.15) is 5.10 Å². The van der Waals surface area contributed by atoms with Gasteiger partial charge in [0.25, 0.3) is 10.0 Å². The van der Waals surface area contributed by atoms with Crippen LogP contribution in [0, 0.1) is 0 Å². The molecule has 0 radical (unpaired) electrons. The first-order chi connectivity index (χ1) is 13.9. The normalized spacial score (nSPS) is 15.9. The van der Waals surface area contributed by atoms with E-state index in [4.69, 9.17) is 0 Å². The second kappa shape index (κ2) is 6.53. The third kappa shape index (κ3) is 2.87. The molecular weight excluding hydrogens is 386 g/mol. The molecule has 8 heteroatoms. The lowest BCUT2D eigenvalue weighted by Gasteiger charge is -2.21. The number of benzene rings is 1. The van der Waals surface area contributed by atoms with Crippen molar-refractivity contribution in [1.29, 1.82) is 0 Å². The first kappa shape index (κ1) is 18.1.